The van der Waals surface area contributed by atoms with Gasteiger partial charge >= 0.3 is 5.97 Å². The quantitative estimate of drug-likeness (QED) is 0.287. The van der Waals surface area contributed by atoms with Crippen molar-refractivity contribution in [2.24, 2.45) is 0 Å². The molecule has 0 saturated heterocycles. The van der Waals surface area contributed by atoms with Gasteiger partial charge in [0, 0.05) is 12.6 Å². The Morgan fingerprint density at radius 2 is 2.45 bits per heavy atom. The standard InChI is InChI=1S/C7H11NO2S/c1-2-3-7(9)10-5-4-8-6-11/h2-3,6H,4-5H2,1H3,(H,8,11)/b3-2+. The van der Waals surface area contributed by atoms with E-state index in [9.17, 15) is 4.79 Å². The molecular formula is C7H11NO2S. The van der Waals surface area contributed by atoms with Gasteiger partial charge in [-0.05, 0) is 6.92 Å². The number of esters is 1. The zero-order valence-electron chi connectivity index (χ0n) is 6.37. The summed E-state index contributed by atoms with van der Waals surface area (Å²) in [4.78, 5) is 10.6. The van der Waals surface area contributed by atoms with E-state index in [1.807, 2.05) is 0 Å². The van der Waals surface area contributed by atoms with Gasteiger partial charge in [-0.3, -0.25) is 0 Å². The van der Waals surface area contributed by atoms with E-state index in [1.54, 1.807) is 13.0 Å². The van der Waals surface area contributed by atoms with Crippen molar-refractivity contribution in [3.63, 3.8) is 0 Å². The van der Waals surface area contributed by atoms with Gasteiger partial charge in [-0.1, -0.05) is 18.3 Å². The first-order chi connectivity index (χ1) is 5.31. The fourth-order valence-electron chi connectivity index (χ4n) is 0.454. The fraction of sp³-hybridized carbons (Fsp3) is 0.429. The van der Waals surface area contributed by atoms with Gasteiger partial charge in [0.15, 0.2) is 0 Å². The largest absolute Gasteiger partial charge is 0.461 e. The number of allylic oxidation sites excluding steroid dienone is 1. The van der Waals surface area contributed by atoms with Crippen molar-refractivity contribution in [2.75, 3.05) is 13.2 Å². The average Bonchev–Trinajstić information content (AvgIpc) is 1.99. The first-order valence-corrected chi connectivity index (χ1v) is 3.75. The summed E-state index contributed by atoms with van der Waals surface area (Å²) < 4.78 is 4.73. The van der Waals surface area contributed by atoms with E-state index >= 15 is 0 Å². The van der Waals surface area contributed by atoms with Crippen molar-refractivity contribution in [3.8, 4) is 0 Å². The lowest BCUT2D eigenvalue weighted by molar-refractivity contribution is -0.137. The molecule has 0 aliphatic heterocycles. The molecule has 0 unspecified atom stereocenters. The van der Waals surface area contributed by atoms with Gasteiger partial charge in [-0.2, -0.15) is 0 Å². The van der Waals surface area contributed by atoms with E-state index in [2.05, 4.69) is 17.5 Å². The monoisotopic (exact) mass is 173 g/mol. The minimum atomic E-state index is -0.321. The maximum atomic E-state index is 10.6. The molecule has 0 radical (unpaired) electrons. The Kier molecular flexibility index (Phi) is 6.62. The Morgan fingerprint density at radius 1 is 1.73 bits per heavy atom. The molecule has 3 nitrogen and oxygen atoms in total. The number of rotatable bonds is 5. The Bertz CT molecular complexity index is 157. The van der Waals surface area contributed by atoms with Crippen LogP contribution in [0.1, 0.15) is 6.92 Å². The van der Waals surface area contributed by atoms with E-state index < -0.39 is 0 Å². The number of hydrogen-bond acceptors (Lipinski definition) is 3. The van der Waals surface area contributed by atoms with Crippen molar-refractivity contribution in [1.82, 2.24) is 5.32 Å². The molecule has 0 heterocycles. The molecule has 0 fully saturated rings. The molecule has 0 spiro atoms. The zero-order chi connectivity index (χ0) is 8.53. The first kappa shape index (κ1) is 10.1. The Labute approximate surface area is 71.4 Å². The average molecular weight is 173 g/mol. The highest BCUT2D eigenvalue weighted by molar-refractivity contribution is 7.78. The van der Waals surface area contributed by atoms with Crippen LogP contribution in [-0.4, -0.2) is 24.6 Å². The number of hydrogen-bond donors (Lipinski definition) is 1. The second-order valence-electron chi connectivity index (χ2n) is 1.74. The van der Waals surface area contributed by atoms with Gasteiger partial charge in [-0.15, -0.1) is 0 Å². The third kappa shape index (κ3) is 6.99. The van der Waals surface area contributed by atoms with Crippen LogP contribution in [0.3, 0.4) is 0 Å². The maximum Gasteiger partial charge on any atom is 0.330 e. The lowest BCUT2D eigenvalue weighted by Gasteiger charge is -1.99. The van der Waals surface area contributed by atoms with Crippen molar-refractivity contribution >= 4 is 23.7 Å². The maximum absolute atomic E-state index is 10.6. The molecule has 0 saturated carbocycles. The van der Waals surface area contributed by atoms with E-state index in [0.29, 0.717) is 13.2 Å². The van der Waals surface area contributed by atoms with Crippen molar-refractivity contribution in [1.29, 1.82) is 0 Å². The van der Waals surface area contributed by atoms with Crippen molar-refractivity contribution in [2.45, 2.75) is 6.92 Å². The molecule has 11 heavy (non-hydrogen) atoms. The minimum Gasteiger partial charge on any atom is -0.461 e. The Morgan fingerprint density at radius 3 is 3.00 bits per heavy atom. The molecule has 0 bridgehead atoms. The molecule has 62 valence electrons. The summed E-state index contributed by atoms with van der Waals surface area (Å²) in [7, 11) is 0. The molecule has 0 aromatic heterocycles. The van der Waals surface area contributed by atoms with Gasteiger partial charge in [0.05, 0.1) is 5.49 Å². The third-order valence-electron chi connectivity index (χ3n) is 0.877. The van der Waals surface area contributed by atoms with Crippen LogP contribution in [0.25, 0.3) is 0 Å². The van der Waals surface area contributed by atoms with Crippen LogP contribution in [0, 0.1) is 0 Å². The minimum absolute atomic E-state index is 0.321. The highest BCUT2D eigenvalue weighted by Crippen LogP contribution is 1.79. The molecule has 0 aromatic rings. The molecule has 0 aliphatic carbocycles. The van der Waals surface area contributed by atoms with E-state index in [0.717, 1.165) is 0 Å². The summed E-state index contributed by atoms with van der Waals surface area (Å²) in [5, 5.41) is 2.73. The summed E-state index contributed by atoms with van der Waals surface area (Å²) in [5.74, 6) is -0.321. The SMILES string of the molecule is C/C=C/C(=O)OCCNC=S. The molecule has 0 aromatic carbocycles. The summed E-state index contributed by atoms with van der Waals surface area (Å²) in [6.07, 6.45) is 3.01. The number of carbonyl (C=O) groups is 1. The highest BCUT2D eigenvalue weighted by atomic mass is 32.1. The lowest BCUT2D eigenvalue weighted by atomic mass is 10.5. The number of carbonyl (C=O) groups excluding carboxylic acids is 1. The van der Waals surface area contributed by atoms with Gasteiger partial charge < -0.3 is 10.1 Å². The lowest BCUT2D eigenvalue weighted by Crippen LogP contribution is -2.18. The molecular weight excluding hydrogens is 162 g/mol. The molecule has 0 amide bonds. The molecule has 1 N–H and O–H groups in total. The van der Waals surface area contributed by atoms with Gasteiger partial charge in [-0.25, -0.2) is 4.79 Å². The van der Waals surface area contributed by atoms with Crippen LogP contribution in [0.15, 0.2) is 12.2 Å². The second-order valence-corrected chi connectivity index (χ2v) is 1.98. The van der Waals surface area contributed by atoms with Crippen LogP contribution in [0.4, 0.5) is 0 Å². The van der Waals surface area contributed by atoms with Gasteiger partial charge in [0.1, 0.15) is 6.61 Å². The van der Waals surface area contributed by atoms with Crippen LogP contribution in [0.2, 0.25) is 0 Å². The van der Waals surface area contributed by atoms with Crippen molar-refractivity contribution in [3.05, 3.63) is 12.2 Å². The predicted octanol–water partition coefficient (Wildman–Crippen LogP) is 0.653. The van der Waals surface area contributed by atoms with Crippen LogP contribution in [-0.2, 0) is 9.53 Å². The number of nitrogens with one attached hydrogen (secondary N) is 1. The fourth-order valence-corrected chi connectivity index (χ4v) is 0.572. The van der Waals surface area contributed by atoms with Crippen LogP contribution < -0.4 is 5.32 Å². The Hall–Kier alpha value is -0.900. The second kappa shape index (κ2) is 7.21. The summed E-state index contributed by atoms with van der Waals surface area (Å²) >= 11 is 4.49. The first-order valence-electron chi connectivity index (χ1n) is 3.27. The molecule has 0 rings (SSSR count). The van der Waals surface area contributed by atoms with Gasteiger partial charge in [0.2, 0.25) is 0 Å². The van der Waals surface area contributed by atoms with E-state index in [4.69, 9.17) is 4.74 Å². The van der Waals surface area contributed by atoms with Crippen LogP contribution in [0.5, 0.6) is 0 Å². The highest BCUT2D eigenvalue weighted by Gasteiger charge is 1.92. The summed E-state index contributed by atoms with van der Waals surface area (Å²) in [5.41, 5.74) is 1.39. The number of ether oxygens (including phenoxy) is 1. The molecule has 4 heteroatoms. The normalized spacial score (nSPS) is 9.55. The molecule has 0 aliphatic rings. The zero-order valence-corrected chi connectivity index (χ0v) is 7.19. The van der Waals surface area contributed by atoms with E-state index in [-0.39, 0.29) is 5.97 Å². The van der Waals surface area contributed by atoms with Crippen LogP contribution >= 0.6 is 12.2 Å². The summed E-state index contributed by atoms with van der Waals surface area (Å²) in [6, 6.07) is 0. The Balaban J connectivity index is 3.24. The van der Waals surface area contributed by atoms with Gasteiger partial charge in [0.25, 0.3) is 0 Å². The summed E-state index contributed by atoms with van der Waals surface area (Å²) in [6.45, 7) is 2.67. The molecule has 0 atom stereocenters. The topological polar surface area (TPSA) is 38.3 Å². The smallest absolute Gasteiger partial charge is 0.330 e. The predicted molar refractivity (Wildman–Crippen MR) is 47.4 cm³/mol. The number of thiocarbonyl (C=S) groups is 1. The van der Waals surface area contributed by atoms with Crippen molar-refractivity contribution < 1.29 is 9.53 Å². The third-order valence-corrected chi connectivity index (χ3v) is 1.04. The van der Waals surface area contributed by atoms with E-state index in [1.165, 1.54) is 11.6 Å².